The molecule has 0 fully saturated rings. The second-order valence-electron chi connectivity index (χ2n) is 4.07. The van der Waals surface area contributed by atoms with Crippen LogP contribution in [0, 0.1) is 0 Å². The van der Waals surface area contributed by atoms with Crippen LogP contribution in [0.15, 0.2) is 30.6 Å². The summed E-state index contributed by atoms with van der Waals surface area (Å²) in [4.78, 5) is 15.9. The predicted octanol–water partition coefficient (Wildman–Crippen LogP) is 1.79. The van der Waals surface area contributed by atoms with Crippen LogP contribution >= 0.6 is 0 Å². The molecule has 0 unspecified atom stereocenters. The lowest BCUT2D eigenvalue weighted by Gasteiger charge is -2.13. The Labute approximate surface area is 116 Å². The molecule has 2 aromatic rings. The molecule has 0 aliphatic carbocycles. The van der Waals surface area contributed by atoms with Crippen molar-refractivity contribution in [2.45, 2.75) is 6.61 Å². The third kappa shape index (κ3) is 2.74. The fraction of sp³-hybridized carbons (Fsp3) is 0.286. The van der Waals surface area contributed by atoms with Gasteiger partial charge in [0.25, 0.3) is 0 Å². The number of methoxy groups -OCH3 is 2. The molecule has 0 aliphatic rings. The molecule has 20 heavy (non-hydrogen) atoms. The number of aryl methyl sites for hydroxylation is 1. The van der Waals surface area contributed by atoms with Crippen molar-refractivity contribution in [3.8, 4) is 11.5 Å². The quantitative estimate of drug-likeness (QED) is 0.779. The van der Waals surface area contributed by atoms with Gasteiger partial charge in [-0.05, 0) is 12.1 Å². The molecule has 1 aromatic heterocycles. The molecule has 106 valence electrons. The fourth-order valence-corrected chi connectivity index (χ4v) is 1.77. The van der Waals surface area contributed by atoms with E-state index in [-0.39, 0.29) is 6.61 Å². The highest BCUT2D eigenvalue weighted by Gasteiger charge is 2.18. The van der Waals surface area contributed by atoms with E-state index >= 15 is 0 Å². The Kier molecular flexibility index (Phi) is 4.24. The van der Waals surface area contributed by atoms with Gasteiger partial charge in [-0.3, -0.25) is 0 Å². The van der Waals surface area contributed by atoms with Gasteiger partial charge in [-0.15, -0.1) is 0 Å². The second kappa shape index (κ2) is 6.10. The average molecular weight is 276 g/mol. The maximum atomic E-state index is 11.8. The molecule has 0 spiro atoms. The van der Waals surface area contributed by atoms with Crippen molar-refractivity contribution in [2.24, 2.45) is 7.05 Å². The summed E-state index contributed by atoms with van der Waals surface area (Å²) in [6, 6.07) is 5.06. The number of nitrogens with zero attached hydrogens (tertiary/aromatic N) is 2. The van der Waals surface area contributed by atoms with Crippen molar-refractivity contribution < 1.29 is 19.0 Å². The lowest BCUT2D eigenvalue weighted by Crippen LogP contribution is -2.09. The minimum absolute atomic E-state index is 0.230. The van der Waals surface area contributed by atoms with Gasteiger partial charge in [-0.25, -0.2) is 9.78 Å². The summed E-state index contributed by atoms with van der Waals surface area (Å²) in [7, 11) is 4.71. The van der Waals surface area contributed by atoms with E-state index in [1.54, 1.807) is 24.4 Å². The third-order valence-electron chi connectivity index (χ3n) is 2.87. The lowest BCUT2D eigenvalue weighted by atomic mass is 10.2. The first-order chi connectivity index (χ1) is 9.67. The first-order valence-electron chi connectivity index (χ1n) is 6.01. The Bertz CT molecular complexity index is 607. The predicted molar refractivity (Wildman–Crippen MR) is 71.9 cm³/mol. The second-order valence-corrected chi connectivity index (χ2v) is 4.07. The summed E-state index contributed by atoms with van der Waals surface area (Å²) in [5.74, 6) is 1.09. The number of carbonyl (C=O) groups is 1. The van der Waals surface area contributed by atoms with Crippen LogP contribution in [0.25, 0.3) is 0 Å². The zero-order chi connectivity index (χ0) is 14.5. The van der Waals surface area contributed by atoms with Crippen LogP contribution in [0.2, 0.25) is 0 Å². The Morgan fingerprint density at radius 1 is 1.35 bits per heavy atom. The average Bonchev–Trinajstić information content (AvgIpc) is 2.89. The smallest absolute Gasteiger partial charge is 0.341 e. The number of para-hydroxylation sites is 1. The van der Waals surface area contributed by atoms with E-state index in [2.05, 4.69) is 4.98 Å². The van der Waals surface area contributed by atoms with Gasteiger partial charge in [0, 0.05) is 19.4 Å². The van der Waals surface area contributed by atoms with Crippen LogP contribution in [-0.4, -0.2) is 29.7 Å². The standard InChI is InChI=1S/C14H16N2O4/c1-16-8-7-15-12(16)9-20-13-10(14(17)19-3)5-4-6-11(13)18-2/h4-8H,9H2,1-3H3. The van der Waals surface area contributed by atoms with Gasteiger partial charge in [0.2, 0.25) is 0 Å². The lowest BCUT2D eigenvalue weighted by molar-refractivity contribution is 0.0594. The highest BCUT2D eigenvalue weighted by atomic mass is 16.5. The summed E-state index contributed by atoms with van der Waals surface area (Å²) >= 11 is 0. The number of esters is 1. The number of hydrogen-bond donors (Lipinski definition) is 0. The molecule has 0 bridgehead atoms. The van der Waals surface area contributed by atoms with Crippen molar-refractivity contribution in [3.05, 3.63) is 42.0 Å². The van der Waals surface area contributed by atoms with Crippen molar-refractivity contribution in [1.29, 1.82) is 0 Å². The van der Waals surface area contributed by atoms with Gasteiger partial charge in [-0.1, -0.05) is 6.07 Å². The molecule has 0 radical (unpaired) electrons. The van der Waals surface area contributed by atoms with Crippen LogP contribution in [0.3, 0.4) is 0 Å². The van der Waals surface area contributed by atoms with Gasteiger partial charge in [0.1, 0.15) is 18.0 Å². The molecule has 1 heterocycles. The Hall–Kier alpha value is -2.50. The topological polar surface area (TPSA) is 62.6 Å². The van der Waals surface area contributed by atoms with Crippen LogP contribution in [-0.2, 0) is 18.4 Å². The summed E-state index contributed by atoms with van der Waals surface area (Å²) in [6.45, 7) is 0.230. The minimum atomic E-state index is -0.473. The highest BCUT2D eigenvalue weighted by Crippen LogP contribution is 2.32. The minimum Gasteiger partial charge on any atom is -0.493 e. The number of aromatic nitrogens is 2. The Morgan fingerprint density at radius 2 is 2.15 bits per heavy atom. The van der Waals surface area contributed by atoms with Crippen LogP contribution in [0.1, 0.15) is 16.2 Å². The number of ether oxygens (including phenoxy) is 3. The van der Waals surface area contributed by atoms with Gasteiger partial charge in [-0.2, -0.15) is 0 Å². The van der Waals surface area contributed by atoms with Gasteiger partial charge in [0.05, 0.1) is 14.2 Å². The number of rotatable bonds is 5. The summed E-state index contributed by atoms with van der Waals surface area (Å²) in [5, 5.41) is 0. The van der Waals surface area contributed by atoms with E-state index in [0.29, 0.717) is 17.1 Å². The van der Waals surface area contributed by atoms with E-state index < -0.39 is 5.97 Å². The Balaban J connectivity index is 2.29. The summed E-state index contributed by atoms with van der Waals surface area (Å²) in [5.41, 5.74) is 0.320. The van der Waals surface area contributed by atoms with Crippen molar-refractivity contribution >= 4 is 5.97 Å². The van der Waals surface area contributed by atoms with Crippen molar-refractivity contribution in [2.75, 3.05) is 14.2 Å². The summed E-state index contributed by atoms with van der Waals surface area (Å²) in [6.07, 6.45) is 3.50. The zero-order valence-corrected chi connectivity index (χ0v) is 11.6. The zero-order valence-electron chi connectivity index (χ0n) is 11.6. The van der Waals surface area contributed by atoms with E-state index in [9.17, 15) is 4.79 Å². The Morgan fingerprint density at radius 3 is 2.75 bits per heavy atom. The monoisotopic (exact) mass is 276 g/mol. The molecule has 0 amide bonds. The number of carbonyl (C=O) groups excluding carboxylic acids is 1. The largest absolute Gasteiger partial charge is 0.493 e. The number of imidazole rings is 1. The molecule has 6 heteroatoms. The van der Waals surface area contributed by atoms with Crippen LogP contribution in [0.5, 0.6) is 11.5 Å². The number of hydrogen-bond acceptors (Lipinski definition) is 5. The van der Waals surface area contributed by atoms with Crippen LogP contribution in [0.4, 0.5) is 0 Å². The highest BCUT2D eigenvalue weighted by molar-refractivity contribution is 5.93. The van der Waals surface area contributed by atoms with E-state index in [1.165, 1.54) is 14.2 Å². The van der Waals surface area contributed by atoms with E-state index in [4.69, 9.17) is 14.2 Å². The normalized spacial score (nSPS) is 10.2. The third-order valence-corrected chi connectivity index (χ3v) is 2.87. The molecule has 1 aromatic carbocycles. The molecule has 2 rings (SSSR count). The molecular formula is C14H16N2O4. The molecule has 0 saturated carbocycles. The molecule has 6 nitrogen and oxygen atoms in total. The van der Waals surface area contributed by atoms with E-state index in [0.717, 1.165) is 5.82 Å². The molecular weight excluding hydrogens is 260 g/mol. The van der Waals surface area contributed by atoms with Crippen molar-refractivity contribution in [1.82, 2.24) is 9.55 Å². The SMILES string of the molecule is COC(=O)c1cccc(OC)c1OCc1nccn1C. The van der Waals surface area contributed by atoms with E-state index in [1.807, 2.05) is 17.8 Å². The van der Waals surface area contributed by atoms with Crippen LogP contribution < -0.4 is 9.47 Å². The number of benzene rings is 1. The van der Waals surface area contributed by atoms with Gasteiger partial charge >= 0.3 is 5.97 Å². The van der Waals surface area contributed by atoms with Gasteiger partial charge < -0.3 is 18.8 Å². The first kappa shape index (κ1) is 13.9. The maximum absolute atomic E-state index is 11.8. The summed E-state index contributed by atoms with van der Waals surface area (Å²) < 4.78 is 17.5. The molecule has 0 saturated heterocycles. The molecule has 0 atom stereocenters. The first-order valence-corrected chi connectivity index (χ1v) is 6.01. The van der Waals surface area contributed by atoms with Gasteiger partial charge in [0.15, 0.2) is 11.5 Å². The fourth-order valence-electron chi connectivity index (χ4n) is 1.77. The van der Waals surface area contributed by atoms with Crippen molar-refractivity contribution in [3.63, 3.8) is 0 Å². The molecule has 0 N–H and O–H groups in total. The maximum Gasteiger partial charge on any atom is 0.341 e. The molecule has 0 aliphatic heterocycles.